The first-order valence-corrected chi connectivity index (χ1v) is 5.43. The molecule has 0 aliphatic rings. The Morgan fingerprint density at radius 1 is 1.21 bits per heavy atom. The van der Waals surface area contributed by atoms with Crippen molar-refractivity contribution >= 4 is 17.1 Å². The lowest BCUT2D eigenvalue weighted by atomic mass is 10.2. The van der Waals surface area contributed by atoms with Crippen LogP contribution >= 0.6 is 0 Å². The topological polar surface area (TPSA) is 117 Å². The third-order valence-corrected chi connectivity index (χ3v) is 2.52. The van der Waals surface area contributed by atoms with E-state index in [9.17, 15) is 14.9 Å². The zero-order valence-corrected chi connectivity index (χ0v) is 10.3. The molecule has 1 aromatic carbocycles. The summed E-state index contributed by atoms with van der Waals surface area (Å²) in [6.45, 7) is 3.39. The van der Waals surface area contributed by atoms with Crippen molar-refractivity contribution in [2.75, 3.05) is 0 Å². The summed E-state index contributed by atoms with van der Waals surface area (Å²) in [5.41, 5.74) is 0.916. The molecule has 98 valence electrons. The number of nitrogens with zero attached hydrogens (tertiary/aromatic N) is 3. The van der Waals surface area contributed by atoms with Crippen LogP contribution in [0.5, 0.6) is 0 Å². The standard InChI is InChI=1S/C11H11N5O3/c1-6-3-4-8(9(5-6)16(18)19)13-14-10-7(2)12-15-11(10)17/h3-5H,1-2H3,(H2,12,15,17). The number of nitro benzene ring substituents is 1. The van der Waals surface area contributed by atoms with Gasteiger partial charge in [-0.05, 0) is 25.5 Å². The predicted octanol–water partition coefficient (Wildman–Crippen LogP) is 2.64. The molecule has 0 aliphatic heterocycles. The lowest BCUT2D eigenvalue weighted by Crippen LogP contribution is -1.96. The van der Waals surface area contributed by atoms with Gasteiger partial charge in [-0.15, -0.1) is 10.2 Å². The van der Waals surface area contributed by atoms with Crippen molar-refractivity contribution in [2.24, 2.45) is 10.2 Å². The third kappa shape index (κ3) is 2.57. The number of hydrogen-bond acceptors (Lipinski definition) is 5. The van der Waals surface area contributed by atoms with E-state index in [-0.39, 0.29) is 17.1 Å². The van der Waals surface area contributed by atoms with Crippen LogP contribution in [0.3, 0.4) is 0 Å². The van der Waals surface area contributed by atoms with E-state index < -0.39 is 10.5 Å². The van der Waals surface area contributed by atoms with Crippen molar-refractivity contribution in [1.82, 2.24) is 10.2 Å². The maximum absolute atomic E-state index is 11.4. The van der Waals surface area contributed by atoms with E-state index >= 15 is 0 Å². The smallest absolute Gasteiger partial charge is 0.296 e. The number of aromatic nitrogens is 2. The molecule has 8 nitrogen and oxygen atoms in total. The molecule has 8 heteroatoms. The molecule has 0 saturated carbocycles. The van der Waals surface area contributed by atoms with E-state index in [0.717, 1.165) is 5.56 Å². The number of aromatic amines is 2. The zero-order chi connectivity index (χ0) is 14.0. The number of nitrogens with one attached hydrogen (secondary N) is 2. The first-order chi connectivity index (χ1) is 8.99. The zero-order valence-electron chi connectivity index (χ0n) is 10.3. The summed E-state index contributed by atoms with van der Waals surface area (Å²) in [5.74, 6) is 0. The Morgan fingerprint density at radius 2 is 1.95 bits per heavy atom. The van der Waals surface area contributed by atoms with Crippen LogP contribution < -0.4 is 5.56 Å². The lowest BCUT2D eigenvalue weighted by Gasteiger charge is -1.97. The van der Waals surface area contributed by atoms with Gasteiger partial charge < -0.3 is 5.10 Å². The number of azo groups is 1. The second kappa shape index (κ2) is 4.84. The normalized spacial score (nSPS) is 11.1. The summed E-state index contributed by atoms with van der Waals surface area (Å²) in [4.78, 5) is 21.7. The molecule has 0 unspecified atom stereocenters. The fraction of sp³-hybridized carbons (Fsp3) is 0.182. The fourth-order valence-corrected chi connectivity index (χ4v) is 1.53. The average molecular weight is 261 g/mol. The summed E-state index contributed by atoms with van der Waals surface area (Å²) in [6, 6.07) is 4.59. The summed E-state index contributed by atoms with van der Waals surface area (Å²) in [5, 5.41) is 23.4. The van der Waals surface area contributed by atoms with Crippen LogP contribution in [0.1, 0.15) is 11.3 Å². The average Bonchev–Trinajstić information content (AvgIpc) is 2.68. The van der Waals surface area contributed by atoms with Gasteiger partial charge in [-0.25, -0.2) is 0 Å². The Kier molecular flexibility index (Phi) is 3.23. The highest BCUT2D eigenvalue weighted by molar-refractivity contribution is 5.58. The van der Waals surface area contributed by atoms with Crippen molar-refractivity contribution in [3.8, 4) is 0 Å². The molecular formula is C11H11N5O3. The summed E-state index contributed by atoms with van der Waals surface area (Å²) in [7, 11) is 0. The molecule has 0 atom stereocenters. The number of nitro groups is 1. The highest BCUT2D eigenvalue weighted by Gasteiger charge is 2.14. The van der Waals surface area contributed by atoms with Gasteiger partial charge in [0.05, 0.1) is 10.6 Å². The highest BCUT2D eigenvalue weighted by atomic mass is 16.6. The molecule has 1 heterocycles. The van der Waals surface area contributed by atoms with Crippen LogP contribution in [0.25, 0.3) is 0 Å². The van der Waals surface area contributed by atoms with Crippen molar-refractivity contribution in [1.29, 1.82) is 0 Å². The second-order valence-corrected chi connectivity index (χ2v) is 4.00. The van der Waals surface area contributed by atoms with Crippen LogP contribution in [0.15, 0.2) is 33.2 Å². The van der Waals surface area contributed by atoms with Crippen molar-refractivity contribution < 1.29 is 4.92 Å². The maximum atomic E-state index is 11.4. The first kappa shape index (κ1) is 12.7. The van der Waals surface area contributed by atoms with E-state index in [1.807, 2.05) is 0 Å². The van der Waals surface area contributed by atoms with Gasteiger partial charge in [0, 0.05) is 6.07 Å². The van der Waals surface area contributed by atoms with Crippen LogP contribution in [0.4, 0.5) is 17.1 Å². The Bertz CT molecular complexity index is 713. The van der Waals surface area contributed by atoms with E-state index in [4.69, 9.17) is 0 Å². The molecule has 2 N–H and O–H groups in total. The summed E-state index contributed by atoms with van der Waals surface area (Å²) < 4.78 is 0. The molecule has 0 radical (unpaired) electrons. The Labute approximate surface area is 107 Å². The maximum Gasteiger partial charge on any atom is 0.296 e. The molecule has 0 saturated heterocycles. The summed E-state index contributed by atoms with van der Waals surface area (Å²) >= 11 is 0. The molecule has 0 aliphatic carbocycles. The van der Waals surface area contributed by atoms with E-state index in [2.05, 4.69) is 20.4 Å². The van der Waals surface area contributed by atoms with Crippen LogP contribution in [-0.2, 0) is 0 Å². The Balaban J connectivity index is 2.44. The number of hydrogen-bond donors (Lipinski definition) is 2. The molecule has 2 aromatic rings. The molecule has 2 rings (SSSR count). The van der Waals surface area contributed by atoms with Gasteiger partial charge in [-0.1, -0.05) is 6.07 Å². The second-order valence-electron chi connectivity index (χ2n) is 4.00. The molecule has 0 amide bonds. The molecule has 19 heavy (non-hydrogen) atoms. The predicted molar refractivity (Wildman–Crippen MR) is 68.2 cm³/mol. The monoisotopic (exact) mass is 261 g/mol. The first-order valence-electron chi connectivity index (χ1n) is 5.43. The van der Waals surface area contributed by atoms with Crippen LogP contribution in [0.2, 0.25) is 0 Å². The van der Waals surface area contributed by atoms with Crippen molar-refractivity contribution in [3.63, 3.8) is 0 Å². The van der Waals surface area contributed by atoms with Crippen molar-refractivity contribution in [3.05, 3.63) is 49.9 Å². The molecule has 0 bridgehead atoms. The highest BCUT2D eigenvalue weighted by Crippen LogP contribution is 2.29. The minimum atomic E-state index is -0.532. The SMILES string of the molecule is Cc1ccc(N=Nc2c(C)[nH][nH]c2=O)c([N+](=O)[O-])c1. The lowest BCUT2D eigenvalue weighted by molar-refractivity contribution is -0.384. The van der Waals surface area contributed by atoms with Crippen LogP contribution in [-0.4, -0.2) is 15.1 Å². The molecule has 0 fully saturated rings. The molecular weight excluding hydrogens is 250 g/mol. The quantitative estimate of drug-likeness (QED) is 0.502. The van der Waals surface area contributed by atoms with E-state index in [0.29, 0.717) is 5.69 Å². The number of rotatable bonds is 3. The van der Waals surface area contributed by atoms with Gasteiger partial charge in [0.25, 0.3) is 11.2 Å². The molecule has 1 aromatic heterocycles. The fourth-order valence-electron chi connectivity index (χ4n) is 1.53. The van der Waals surface area contributed by atoms with Gasteiger partial charge in [-0.3, -0.25) is 20.0 Å². The minimum absolute atomic E-state index is 0.106. The number of H-pyrrole nitrogens is 2. The van der Waals surface area contributed by atoms with Gasteiger partial charge in [-0.2, -0.15) is 0 Å². The Morgan fingerprint density at radius 3 is 2.53 bits per heavy atom. The largest absolute Gasteiger partial charge is 0.300 e. The number of benzene rings is 1. The number of aryl methyl sites for hydroxylation is 2. The van der Waals surface area contributed by atoms with Crippen LogP contribution in [0, 0.1) is 24.0 Å². The third-order valence-electron chi connectivity index (χ3n) is 2.52. The van der Waals surface area contributed by atoms with E-state index in [1.54, 1.807) is 19.9 Å². The van der Waals surface area contributed by atoms with Gasteiger partial charge in [0.1, 0.15) is 0 Å². The van der Waals surface area contributed by atoms with Gasteiger partial charge >= 0.3 is 0 Å². The van der Waals surface area contributed by atoms with Gasteiger partial charge in [0.2, 0.25) is 0 Å². The van der Waals surface area contributed by atoms with Gasteiger partial charge in [0.15, 0.2) is 11.4 Å². The minimum Gasteiger partial charge on any atom is -0.300 e. The molecule has 0 spiro atoms. The van der Waals surface area contributed by atoms with E-state index in [1.165, 1.54) is 12.1 Å². The summed E-state index contributed by atoms with van der Waals surface area (Å²) in [6.07, 6.45) is 0. The van der Waals surface area contributed by atoms with Crippen molar-refractivity contribution in [2.45, 2.75) is 13.8 Å². The Hall–Kier alpha value is -2.77.